The lowest BCUT2D eigenvalue weighted by molar-refractivity contribution is -0.0451. The van der Waals surface area contributed by atoms with E-state index in [1.54, 1.807) is 10.8 Å². The third-order valence-corrected chi connectivity index (χ3v) is 7.73. The molecule has 0 saturated heterocycles. The average Bonchev–Trinajstić information content (AvgIpc) is 2.95. The Morgan fingerprint density at radius 2 is 1.67 bits per heavy atom. The van der Waals surface area contributed by atoms with Crippen LogP contribution in [-0.2, 0) is 12.0 Å². The van der Waals surface area contributed by atoms with E-state index in [0.29, 0.717) is 12.2 Å². The molecule has 144 valence electrons. The minimum Gasteiger partial charge on any atom is -0.493 e. The van der Waals surface area contributed by atoms with E-state index < -0.39 is 0 Å². The van der Waals surface area contributed by atoms with Crippen molar-refractivity contribution in [2.75, 3.05) is 5.75 Å². The maximum Gasteiger partial charge on any atom is 0.331 e. The molecule has 5 heteroatoms. The highest BCUT2D eigenvalue weighted by Gasteiger charge is 2.52. The molecular weight excluding hydrogens is 356 g/mol. The van der Waals surface area contributed by atoms with E-state index in [9.17, 15) is 9.90 Å². The second-order valence-corrected chi connectivity index (χ2v) is 9.54. The molecule has 1 heterocycles. The monoisotopic (exact) mass is 384 g/mol. The number of aromatic hydroxyl groups is 1. The van der Waals surface area contributed by atoms with Crippen LogP contribution in [0.5, 0.6) is 5.88 Å². The lowest BCUT2D eigenvalue weighted by Gasteiger charge is -2.56. The van der Waals surface area contributed by atoms with Crippen LogP contribution in [-0.4, -0.2) is 20.0 Å². The maximum atomic E-state index is 13.4. The van der Waals surface area contributed by atoms with E-state index in [2.05, 4.69) is 24.8 Å². The number of imidazole rings is 1. The van der Waals surface area contributed by atoms with Crippen LogP contribution in [0.25, 0.3) is 0 Å². The van der Waals surface area contributed by atoms with E-state index in [0.717, 1.165) is 42.6 Å². The molecule has 4 bridgehead atoms. The zero-order valence-electron chi connectivity index (χ0n) is 15.6. The molecule has 4 fully saturated rings. The van der Waals surface area contributed by atoms with Crippen molar-refractivity contribution in [1.29, 1.82) is 0 Å². The number of rotatable bonds is 5. The van der Waals surface area contributed by atoms with E-state index >= 15 is 0 Å². The highest BCUT2D eigenvalue weighted by molar-refractivity contribution is 7.80. The van der Waals surface area contributed by atoms with Crippen LogP contribution < -0.4 is 5.69 Å². The lowest BCUT2D eigenvalue weighted by Crippen LogP contribution is -2.54. The number of benzene rings is 1. The molecule has 0 spiro atoms. The Labute approximate surface area is 165 Å². The number of hydrogen-bond donors (Lipinski definition) is 2. The molecule has 27 heavy (non-hydrogen) atoms. The molecule has 4 aliphatic rings. The quantitative estimate of drug-likeness (QED) is 0.766. The molecule has 1 N–H and O–H groups in total. The van der Waals surface area contributed by atoms with Crippen molar-refractivity contribution in [2.45, 2.75) is 56.5 Å². The SMILES string of the molecule is O=c1n(C23CC4CC(CC(C4)C2)C3)cc(O)n1C(CS)Cc1ccccc1. The Bertz CT molecular complexity index is 850. The maximum absolute atomic E-state index is 13.4. The van der Waals surface area contributed by atoms with E-state index in [1.165, 1.54) is 19.3 Å². The van der Waals surface area contributed by atoms with Gasteiger partial charge in [0.2, 0.25) is 5.88 Å². The topological polar surface area (TPSA) is 47.2 Å². The summed E-state index contributed by atoms with van der Waals surface area (Å²) in [5, 5.41) is 10.7. The van der Waals surface area contributed by atoms with Gasteiger partial charge >= 0.3 is 5.69 Å². The normalized spacial score (nSPS) is 32.7. The molecular formula is C22H28N2O2S. The molecule has 2 aromatic rings. The van der Waals surface area contributed by atoms with Gasteiger partial charge in [-0.3, -0.25) is 9.13 Å². The first-order valence-electron chi connectivity index (χ1n) is 10.3. The summed E-state index contributed by atoms with van der Waals surface area (Å²) in [5.41, 5.74) is 1.04. The predicted octanol–water partition coefficient (Wildman–Crippen LogP) is 3.99. The van der Waals surface area contributed by atoms with Gasteiger partial charge < -0.3 is 5.11 Å². The molecule has 4 aliphatic carbocycles. The first-order valence-corrected chi connectivity index (χ1v) is 10.9. The molecule has 4 nitrogen and oxygen atoms in total. The van der Waals surface area contributed by atoms with Crippen molar-refractivity contribution in [3.8, 4) is 5.88 Å². The van der Waals surface area contributed by atoms with Gasteiger partial charge in [0.15, 0.2) is 0 Å². The second-order valence-electron chi connectivity index (χ2n) is 9.18. The zero-order chi connectivity index (χ0) is 18.6. The predicted molar refractivity (Wildman–Crippen MR) is 110 cm³/mol. The first kappa shape index (κ1) is 17.5. The van der Waals surface area contributed by atoms with Crippen molar-refractivity contribution in [2.24, 2.45) is 17.8 Å². The molecule has 1 aromatic carbocycles. The van der Waals surface area contributed by atoms with Crippen LogP contribution in [0.3, 0.4) is 0 Å². The summed E-state index contributed by atoms with van der Waals surface area (Å²) in [4.78, 5) is 13.4. The Kier molecular flexibility index (Phi) is 4.19. The van der Waals surface area contributed by atoms with E-state index in [1.807, 2.05) is 22.8 Å². The summed E-state index contributed by atoms with van der Waals surface area (Å²) in [7, 11) is 0. The van der Waals surface area contributed by atoms with Crippen LogP contribution in [0.2, 0.25) is 0 Å². The second kappa shape index (κ2) is 6.47. The molecule has 0 radical (unpaired) electrons. The molecule has 6 rings (SSSR count). The molecule has 0 amide bonds. The van der Waals surface area contributed by atoms with Gasteiger partial charge in [0.25, 0.3) is 0 Å². The Morgan fingerprint density at radius 3 is 2.22 bits per heavy atom. The summed E-state index contributed by atoms with van der Waals surface area (Å²) in [5.74, 6) is 2.90. The fraction of sp³-hybridized carbons (Fsp3) is 0.591. The lowest BCUT2D eigenvalue weighted by atomic mass is 9.53. The van der Waals surface area contributed by atoms with Gasteiger partial charge in [-0.2, -0.15) is 12.6 Å². The van der Waals surface area contributed by atoms with Gasteiger partial charge in [0.1, 0.15) is 0 Å². The van der Waals surface area contributed by atoms with Crippen molar-refractivity contribution in [3.05, 3.63) is 52.6 Å². The third-order valence-electron chi connectivity index (χ3n) is 7.31. The van der Waals surface area contributed by atoms with Crippen molar-refractivity contribution in [1.82, 2.24) is 9.13 Å². The van der Waals surface area contributed by atoms with Crippen LogP contribution in [0.4, 0.5) is 0 Å². The molecule has 4 saturated carbocycles. The molecule has 0 aliphatic heterocycles. The Morgan fingerprint density at radius 1 is 1.07 bits per heavy atom. The minimum atomic E-state index is -0.140. The van der Waals surface area contributed by atoms with Crippen LogP contribution in [0, 0.1) is 17.8 Å². The highest BCUT2D eigenvalue weighted by Crippen LogP contribution is 2.58. The zero-order valence-corrected chi connectivity index (χ0v) is 16.5. The fourth-order valence-electron chi connectivity index (χ4n) is 6.61. The van der Waals surface area contributed by atoms with E-state index in [-0.39, 0.29) is 23.2 Å². The smallest absolute Gasteiger partial charge is 0.331 e. The molecule has 1 unspecified atom stereocenters. The van der Waals surface area contributed by atoms with Gasteiger partial charge in [-0.1, -0.05) is 30.3 Å². The van der Waals surface area contributed by atoms with Crippen molar-refractivity contribution < 1.29 is 5.11 Å². The van der Waals surface area contributed by atoms with Crippen LogP contribution in [0.15, 0.2) is 41.3 Å². The fourth-order valence-corrected chi connectivity index (χ4v) is 6.91. The van der Waals surface area contributed by atoms with Gasteiger partial charge in [0.05, 0.1) is 17.8 Å². The Hall–Kier alpha value is -1.62. The van der Waals surface area contributed by atoms with Crippen LogP contribution >= 0.6 is 12.6 Å². The van der Waals surface area contributed by atoms with Crippen LogP contribution in [0.1, 0.15) is 50.1 Å². The largest absolute Gasteiger partial charge is 0.493 e. The average molecular weight is 385 g/mol. The van der Waals surface area contributed by atoms with Gasteiger partial charge in [-0.25, -0.2) is 4.79 Å². The summed E-state index contributed by atoms with van der Waals surface area (Å²) in [6.07, 6.45) is 9.75. The minimum absolute atomic E-state index is 0.0515. The molecule has 1 aromatic heterocycles. The standard InChI is InChI=1S/C22H28N2O2S/c25-20-13-23(22-10-16-6-17(11-22)8-18(7-16)12-22)21(26)24(20)19(14-27)9-15-4-2-1-3-5-15/h1-5,13,16-19,25,27H,6-12,14H2. The van der Waals surface area contributed by atoms with Gasteiger partial charge in [-0.05, 0) is 68.3 Å². The molecule has 1 atom stereocenters. The number of thiol groups is 1. The summed E-state index contributed by atoms with van der Waals surface area (Å²) < 4.78 is 3.49. The van der Waals surface area contributed by atoms with Crippen molar-refractivity contribution in [3.63, 3.8) is 0 Å². The summed E-state index contributed by atoms with van der Waals surface area (Å²) >= 11 is 4.50. The van der Waals surface area contributed by atoms with Crippen molar-refractivity contribution >= 4 is 12.6 Å². The third kappa shape index (κ3) is 2.86. The summed E-state index contributed by atoms with van der Waals surface area (Å²) in [6, 6.07) is 10.00. The number of hydrogen-bond acceptors (Lipinski definition) is 3. The number of nitrogens with zero attached hydrogens (tertiary/aromatic N) is 2. The number of aromatic nitrogens is 2. The van der Waals surface area contributed by atoms with E-state index in [4.69, 9.17) is 0 Å². The van der Waals surface area contributed by atoms with Gasteiger partial charge in [-0.15, -0.1) is 0 Å². The van der Waals surface area contributed by atoms with Gasteiger partial charge in [0, 0.05) is 5.75 Å². The highest BCUT2D eigenvalue weighted by atomic mass is 32.1. The first-order chi connectivity index (χ1) is 13.1. The summed E-state index contributed by atoms with van der Waals surface area (Å²) in [6.45, 7) is 0. The Balaban J connectivity index is 1.51.